The molecule has 1 aromatic carbocycles. The molecular weight excluding hydrogens is 312 g/mol. The number of halogens is 1. The van der Waals surface area contributed by atoms with Gasteiger partial charge in [0.15, 0.2) is 0 Å². The summed E-state index contributed by atoms with van der Waals surface area (Å²) in [6.45, 7) is 4.86. The zero-order valence-corrected chi connectivity index (χ0v) is 14.0. The molecule has 1 saturated heterocycles. The van der Waals surface area contributed by atoms with Crippen molar-refractivity contribution in [1.29, 1.82) is 0 Å². The van der Waals surface area contributed by atoms with Crippen LogP contribution in [0.4, 0.5) is 0 Å². The van der Waals surface area contributed by atoms with Crippen molar-refractivity contribution in [1.82, 2.24) is 9.88 Å². The van der Waals surface area contributed by atoms with E-state index >= 15 is 0 Å². The lowest BCUT2D eigenvalue weighted by molar-refractivity contribution is -0.0487. The number of aromatic nitrogens is 1. The first kappa shape index (κ1) is 16.0. The molecule has 0 radical (unpaired) electrons. The van der Waals surface area contributed by atoms with Crippen LogP contribution in [0.5, 0.6) is 0 Å². The van der Waals surface area contributed by atoms with E-state index in [9.17, 15) is 4.79 Å². The third-order valence-corrected chi connectivity index (χ3v) is 4.39. The van der Waals surface area contributed by atoms with Crippen LogP contribution in [0.1, 0.15) is 34.6 Å². The number of aryl methyl sites for hydroxylation is 1. The third-order valence-electron chi connectivity index (χ3n) is 4.15. The molecule has 0 bridgehead atoms. The van der Waals surface area contributed by atoms with Crippen LogP contribution in [-0.4, -0.2) is 35.0 Å². The number of nitrogens with zero attached hydrogens (tertiary/aromatic N) is 2. The Morgan fingerprint density at radius 2 is 2.17 bits per heavy atom. The molecule has 0 aliphatic carbocycles. The van der Waals surface area contributed by atoms with Gasteiger partial charge < -0.3 is 9.64 Å². The Morgan fingerprint density at radius 3 is 2.91 bits per heavy atom. The lowest BCUT2D eigenvalue weighted by Crippen LogP contribution is -2.48. The fourth-order valence-electron chi connectivity index (χ4n) is 2.81. The first-order valence-electron chi connectivity index (χ1n) is 7.66. The zero-order valence-electron chi connectivity index (χ0n) is 13.2. The van der Waals surface area contributed by atoms with E-state index in [1.54, 1.807) is 12.3 Å². The second kappa shape index (κ2) is 6.69. The van der Waals surface area contributed by atoms with E-state index < -0.39 is 0 Å². The van der Waals surface area contributed by atoms with Crippen LogP contribution in [0.15, 0.2) is 42.6 Å². The highest BCUT2D eigenvalue weighted by Gasteiger charge is 2.31. The summed E-state index contributed by atoms with van der Waals surface area (Å²) in [6.07, 6.45) is 1.54. The Balaban J connectivity index is 1.84. The van der Waals surface area contributed by atoms with Gasteiger partial charge in [-0.25, -0.2) is 0 Å². The first-order chi connectivity index (χ1) is 11.1. The zero-order chi connectivity index (χ0) is 16.4. The molecule has 0 unspecified atom stereocenters. The molecule has 1 aromatic heterocycles. The van der Waals surface area contributed by atoms with Crippen LogP contribution >= 0.6 is 11.6 Å². The van der Waals surface area contributed by atoms with Gasteiger partial charge in [0, 0.05) is 16.9 Å². The largest absolute Gasteiger partial charge is 0.370 e. The van der Waals surface area contributed by atoms with E-state index in [-0.39, 0.29) is 18.1 Å². The molecule has 1 aliphatic heterocycles. The standard InChI is InChI=1S/C18H19ClN2O2/c1-12-11-23-17(14-5-3-6-15(19)9-14)10-21(12)18(22)16-7-4-8-20-13(16)2/h3-9,12,17H,10-11H2,1-2H3/t12-,17+/m1/s1. The number of hydrogen-bond donors (Lipinski definition) is 0. The van der Waals surface area contributed by atoms with Gasteiger partial charge in [-0.1, -0.05) is 23.7 Å². The summed E-state index contributed by atoms with van der Waals surface area (Å²) >= 11 is 6.06. The number of rotatable bonds is 2. The molecule has 1 aliphatic rings. The maximum Gasteiger partial charge on any atom is 0.256 e. The first-order valence-corrected chi connectivity index (χ1v) is 8.03. The van der Waals surface area contributed by atoms with Gasteiger partial charge >= 0.3 is 0 Å². The van der Waals surface area contributed by atoms with E-state index in [0.29, 0.717) is 23.7 Å². The lowest BCUT2D eigenvalue weighted by Gasteiger charge is -2.38. The normalized spacial score (nSPS) is 21.3. The molecule has 2 atom stereocenters. The van der Waals surface area contributed by atoms with Crippen molar-refractivity contribution in [3.63, 3.8) is 0 Å². The molecule has 0 saturated carbocycles. The van der Waals surface area contributed by atoms with Crippen molar-refractivity contribution in [2.75, 3.05) is 13.2 Å². The second-order valence-electron chi connectivity index (χ2n) is 5.82. The number of ether oxygens (including phenoxy) is 1. The minimum absolute atomic E-state index is 0.00146. The predicted molar refractivity (Wildman–Crippen MR) is 89.6 cm³/mol. The predicted octanol–water partition coefficient (Wildman–Crippen LogP) is 3.65. The molecule has 120 valence electrons. The fraction of sp³-hybridized carbons (Fsp3) is 0.333. The highest BCUT2D eigenvalue weighted by molar-refractivity contribution is 6.30. The highest BCUT2D eigenvalue weighted by atomic mass is 35.5. The summed E-state index contributed by atoms with van der Waals surface area (Å²) in [5.41, 5.74) is 2.38. The van der Waals surface area contributed by atoms with Crippen molar-refractivity contribution in [3.8, 4) is 0 Å². The molecule has 0 N–H and O–H groups in total. The molecule has 5 heteroatoms. The van der Waals surface area contributed by atoms with E-state index in [2.05, 4.69) is 4.98 Å². The summed E-state index contributed by atoms with van der Waals surface area (Å²) in [6, 6.07) is 11.2. The maximum atomic E-state index is 12.9. The molecule has 1 fully saturated rings. The molecule has 3 rings (SSSR count). The van der Waals surface area contributed by atoms with Crippen molar-refractivity contribution in [2.24, 2.45) is 0 Å². The van der Waals surface area contributed by atoms with E-state index in [1.165, 1.54) is 0 Å². The number of morpholine rings is 1. The topological polar surface area (TPSA) is 42.4 Å². The molecule has 2 aromatic rings. The van der Waals surface area contributed by atoms with Crippen LogP contribution < -0.4 is 0 Å². The monoisotopic (exact) mass is 330 g/mol. The average Bonchev–Trinajstić information content (AvgIpc) is 2.55. The minimum atomic E-state index is -0.161. The van der Waals surface area contributed by atoms with Crippen molar-refractivity contribution in [3.05, 3.63) is 64.4 Å². The summed E-state index contributed by atoms with van der Waals surface area (Å²) in [5.74, 6) is -0.00146. The second-order valence-corrected chi connectivity index (χ2v) is 6.26. The summed E-state index contributed by atoms with van der Waals surface area (Å²) < 4.78 is 5.91. The van der Waals surface area contributed by atoms with Gasteiger partial charge in [-0.05, 0) is 43.7 Å². The number of pyridine rings is 1. The minimum Gasteiger partial charge on any atom is -0.370 e. The van der Waals surface area contributed by atoms with Crippen LogP contribution in [0, 0.1) is 6.92 Å². The fourth-order valence-corrected chi connectivity index (χ4v) is 3.01. The van der Waals surface area contributed by atoms with Gasteiger partial charge in [-0.3, -0.25) is 9.78 Å². The molecule has 1 amide bonds. The van der Waals surface area contributed by atoms with Crippen LogP contribution in [-0.2, 0) is 4.74 Å². The van der Waals surface area contributed by atoms with Crippen LogP contribution in [0.2, 0.25) is 5.02 Å². The van der Waals surface area contributed by atoms with Gasteiger partial charge in [-0.2, -0.15) is 0 Å². The number of hydrogen-bond acceptors (Lipinski definition) is 3. The van der Waals surface area contributed by atoms with Crippen molar-refractivity contribution in [2.45, 2.75) is 26.0 Å². The van der Waals surface area contributed by atoms with Crippen molar-refractivity contribution >= 4 is 17.5 Å². The Hall–Kier alpha value is -1.91. The highest BCUT2D eigenvalue weighted by Crippen LogP contribution is 2.27. The number of amides is 1. The van der Waals surface area contributed by atoms with Crippen LogP contribution in [0.25, 0.3) is 0 Å². The Labute approximate surface area is 141 Å². The lowest BCUT2D eigenvalue weighted by atomic mass is 10.0. The maximum absolute atomic E-state index is 12.9. The quantitative estimate of drug-likeness (QED) is 0.844. The van der Waals surface area contributed by atoms with Gasteiger partial charge in [-0.15, -0.1) is 0 Å². The average molecular weight is 331 g/mol. The molecule has 0 spiro atoms. The van der Waals surface area contributed by atoms with E-state index in [0.717, 1.165) is 11.3 Å². The number of benzene rings is 1. The van der Waals surface area contributed by atoms with Crippen LogP contribution in [0.3, 0.4) is 0 Å². The Kier molecular flexibility index (Phi) is 4.64. The Bertz CT molecular complexity index is 720. The van der Waals surface area contributed by atoms with Gasteiger partial charge in [0.05, 0.1) is 24.8 Å². The van der Waals surface area contributed by atoms with E-state index in [1.807, 2.05) is 49.1 Å². The molecular formula is C18H19ClN2O2. The molecule has 4 nitrogen and oxygen atoms in total. The number of carbonyl (C=O) groups excluding carboxylic acids is 1. The molecule has 23 heavy (non-hydrogen) atoms. The summed E-state index contributed by atoms with van der Waals surface area (Å²) in [4.78, 5) is 19.0. The summed E-state index contributed by atoms with van der Waals surface area (Å²) in [5, 5.41) is 0.672. The summed E-state index contributed by atoms with van der Waals surface area (Å²) in [7, 11) is 0. The smallest absolute Gasteiger partial charge is 0.256 e. The Morgan fingerprint density at radius 1 is 1.35 bits per heavy atom. The third kappa shape index (κ3) is 3.38. The van der Waals surface area contributed by atoms with Crippen molar-refractivity contribution < 1.29 is 9.53 Å². The number of carbonyl (C=O) groups is 1. The van der Waals surface area contributed by atoms with Gasteiger partial charge in [0.25, 0.3) is 5.91 Å². The van der Waals surface area contributed by atoms with E-state index in [4.69, 9.17) is 16.3 Å². The SMILES string of the molecule is Cc1ncccc1C(=O)N1C[C@@H](c2cccc(Cl)c2)OC[C@H]1C. The van der Waals surface area contributed by atoms with Gasteiger partial charge in [0.1, 0.15) is 6.10 Å². The van der Waals surface area contributed by atoms with Gasteiger partial charge in [0.2, 0.25) is 0 Å². The molecule has 2 heterocycles.